The van der Waals surface area contributed by atoms with Crippen LogP contribution in [-0.4, -0.2) is 0 Å². The molecule has 0 amide bonds. The number of rotatable bonds is 3. The van der Waals surface area contributed by atoms with Crippen LogP contribution in [0.3, 0.4) is 0 Å². The third-order valence-corrected chi connectivity index (χ3v) is 4.35. The van der Waals surface area contributed by atoms with Gasteiger partial charge in [-0.15, -0.1) is 0 Å². The van der Waals surface area contributed by atoms with Gasteiger partial charge in [-0.3, -0.25) is 0 Å². The lowest BCUT2D eigenvalue weighted by molar-refractivity contribution is 0.444. The van der Waals surface area contributed by atoms with E-state index in [0.717, 1.165) is 0 Å². The molecule has 102 valence electrons. The fourth-order valence-electron chi connectivity index (χ4n) is 3.41. The van der Waals surface area contributed by atoms with Gasteiger partial charge in [0, 0.05) is 5.92 Å². The van der Waals surface area contributed by atoms with E-state index < -0.39 is 0 Å². The van der Waals surface area contributed by atoms with Gasteiger partial charge >= 0.3 is 0 Å². The average Bonchev–Trinajstić information content (AvgIpc) is 2.67. The summed E-state index contributed by atoms with van der Waals surface area (Å²) < 4.78 is 0. The zero-order valence-electron chi connectivity index (χ0n) is 12.7. The highest BCUT2D eigenvalue weighted by Crippen LogP contribution is 2.47. The minimum absolute atomic E-state index is 0.563. The molecule has 1 unspecified atom stereocenters. The molecule has 1 fully saturated rings. The summed E-state index contributed by atoms with van der Waals surface area (Å²) >= 11 is 0. The molecule has 2 atom stereocenters. The fraction of sp³-hybridized carbons (Fsp3) is 0.474. The van der Waals surface area contributed by atoms with E-state index in [1.54, 1.807) is 5.57 Å². The molecular weight excluding hydrogens is 228 g/mol. The molecule has 0 bridgehead atoms. The zero-order chi connectivity index (χ0) is 14.0. The van der Waals surface area contributed by atoms with Crippen LogP contribution in [0.15, 0.2) is 48.1 Å². The van der Waals surface area contributed by atoms with Crippen LogP contribution in [0, 0.1) is 23.7 Å². The molecule has 0 radical (unpaired) electrons. The molecule has 1 aromatic rings. The number of hydrogen-bond donors (Lipinski definition) is 0. The molecule has 1 aliphatic carbocycles. The van der Waals surface area contributed by atoms with Gasteiger partial charge in [0.15, 0.2) is 0 Å². The maximum atomic E-state index is 4.41. The maximum Gasteiger partial charge on any atom is 0.00338 e. The molecule has 0 N–H and O–H groups in total. The van der Waals surface area contributed by atoms with Crippen molar-refractivity contribution in [2.24, 2.45) is 23.7 Å². The van der Waals surface area contributed by atoms with Gasteiger partial charge in [0.25, 0.3) is 0 Å². The van der Waals surface area contributed by atoms with Gasteiger partial charge in [-0.25, -0.2) is 0 Å². The molecule has 0 nitrogen and oxygen atoms in total. The predicted octanol–water partition coefficient (Wildman–Crippen LogP) is 5.57. The van der Waals surface area contributed by atoms with Crippen molar-refractivity contribution in [3.63, 3.8) is 0 Å². The molecule has 1 saturated carbocycles. The van der Waals surface area contributed by atoms with Crippen molar-refractivity contribution in [2.45, 2.75) is 34.1 Å². The molecule has 0 aromatic heterocycles. The number of allylic oxidation sites excluding steroid dienone is 2. The predicted molar refractivity (Wildman–Crippen MR) is 84.8 cm³/mol. The summed E-state index contributed by atoms with van der Waals surface area (Å²) in [6, 6.07) is 10.7. The van der Waals surface area contributed by atoms with Crippen LogP contribution in [0.1, 0.15) is 39.7 Å². The van der Waals surface area contributed by atoms with E-state index >= 15 is 0 Å². The minimum Gasteiger partial charge on any atom is -0.0989 e. The van der Waals surface area contributed by atoms with E-state index in [1.165, 1.54) is 17.6 Å². The van der Waals surface area contributed by atoms with Gasteiger partial charge in [0.05, 0.1) is 0 Å². The van der Waals surface area contributed by atoms with Gasteiger partial charge in [-0.1, -0.05) is 81.8 Å². The van der Waals surface area contributed by atoms with E-state index in [1.807, 2.05) is 0 Å². The van der Waals surface area contributed by atoms with Crippen LogP contribution in [0.25, 0.3) is 6.08 Å². The van der Waals surface area contributed by atoms with Gasteiger partial charge in [-0.2, -0.15) is 0 Å². The van der Waals surface area contributed by atoms with Gasteiger partial charge in [-0.05, 0) is 29.7 Å². The molecule has 0 heteroatoms. The topological polar surface area (TPSA) is 0 Å². The Labute approximate surface area is 118 Å². The Hall–Kier alpha value is -1.30. The Balaban J connectivity index is 2.33. The van der Waals surface area contributed by atoms with E-state index in [9.17, 15) is 0 Å². The summed E-state index contributed by atoms with van der Waals surface area (Å²) in [5.41, 5.74) is 4.34. The van der Waals surface area contributed by atoms with E-state index in [-0.39, 0.29) is 0 Å². The molecule has 19 heavy (non-hydrogen) atoms. The van der Waals surface area contributed by atoms with Gasteiger partial charge in [0.1, 0.15) is 0 Å². The largest absolute Gasteiger partial charge is 0.0989 e. The summed E-state index contributed by atoms with van der Waals surface area (Å²) in [7, 11) is 0. The highest BCUT2D eigenvalue weighted by atomic mass is 14.4. The Morgan fingerprint density at radius 1 is 1.05 bits per heavy atom. The van der Waals surface area contributed by atoms with Gasteiger partial charge < -0.3 is 0 Å². The second-order valence-corrected chi connectivity index (χ2v) is 6.48. The average molecular weight is 254 g/mol. The molecule has 2 rings (SSSR count). The summed E-state index contributed by atoms with van der Waals surface area (Å²) in [5, 5.41) is 0. The molecule has 0 aliphatic heterocycles. The van der Waals surface area contributed by atoms with Crippen molar-refractivity contribution in [3.05, 3.63) is 53.6 Å². The SMILES string of the molecule is C=C1C(C(C)C)/C(=C\c2ccccc2)C[C@H]1C(C)C. The van der Waals surface area contributed by atoms with Crippen molar-refractivity contribution >= 4 is 6.08 Å². The Morgan fingerprint density at radius 3 is 2.21 bits per heavy atom. The van der Waals surface area contributed by atoms with E-state index in [0.29, 0.717) is 23.7 Å². The number of benzene rings is 1. The number of hydrogen-bond acceptors (Lipinski definition) is 0. The van der Waals surface area contributed by atoms with Gasteiger partial charge in [0.2, 0.25) is 0 Å². The lowest BCUT2D eigenvalue weighted by Gasteiger charge is -2.21. The molecule has 0 heterocycles. The lowest BCUT2D eigenvalue weighted by atomic mass is 9.84. The van der Waals surface area contributed by atoms with Crippen molar-refractivity contribution < 1.29 is 0 Å². The third kappa shape index (κ3) is 3.00. The standard InChI is InChI=1S/C19H26/c1-13(2)18-12-17(19(14(3)4)15(18)5)11-16-9-7-6-8-10-16/h6-11,13-14,18-19H,5,12H2,1-4H3/b17-11-/t18-,19?/m0/s1. The molecule has 0 saturated heterocycles. The zero-order valence-corrected chi connectivity index (χ0v) is 12.7. The Morgan fingerprint density at radius 2 is 1.68 bits per heavy atom. The first-order valence-electron chi connectivity index (χ1n) is 7.45. The fourth-order valence-corrected chi connectivity index (χ4v) is 3.41. The van der Waals surface area contributed by atoms with Crippen LogP contribution in [0.4, 0.5) is 0 Å². The Bertz CT molecular complexity index is 462. The van der Waals surface area contributed by atoms with Crippen LogP contribution in [0.2, 0.25) is 0 Å². The summed E-state index contributed by atoms with van der Waals surface area (Å²) in [6.45, 7) is 13.7. The first kappa shape index (κ1) is 14.1. The van der Waals surface area contributed by atoms with Crippen LogP contribution < -0.4 is 0 Å². The second kappa shape index (κ2) is 5.77. The minimum atomic E-state index is 0.563. The van der Waals surface area contributed by atoms with Crippen LogP contribution >= 0.6 is 0 Å². The first-order valence-corrected chi connectivity index (χ1v) is 7.45. The van der Waals surface area contributed by atoms with Crippen LogP contribution in [-0.2, 0) is 0 Å². The molecule has 1 aliphatic rings. The summed E-state index contributed by atoms with van der Waals surface area (Å²) in [4.78, 5) is 0. The van der Waals surface area contributed by atoms with Crippen molar-refractivity contribution in [3.8, 4) is 0 Å². The van der Waals surface area contributed by atoms with E-state index in [4.69, 9.17) is 0 Å². The highest BCUT2D eigenvalue weighted by Gasteiger charge is 2.35. The van der Waals surface area contributed by atoms with Crippen molar-refractivity contribution in [2.75, 3.05) is 0 Å². The molecule has 0 spiro atoms. The lowest BCUT2D eigenvalue weighted by Crippen LogP contribution is -2.11. The summed E-state index contributed by atoms with van der Waals surface area (Å²) in [6.07, 6.45) is 3.58. The highest BCUT2D eigenvalue weighted by molar-refractivity contribution is 5.56. The second-order valence-electron chi connectivity index (χ2n) is 6.48. The van der Waals surface area contributed by atoms with Crippen molar-refractivity contribution in [1.82, 2.24) is 0 Å². The van der Waals surface area contributed by atoms with Crippen molar-refractivity contribution in [1.29, 1.82) is 0 Å². The Kier molecular flexibility index (Phi) is 4.29. The maximum absolute atomic E-state index is 4.41. The van der Waals surface area contributed by atoms with Crippen LogP contribution in [0.5, 0.6) is 0 Å². The normalized spacial score (nSPS) is 25.8. The molecule has 1 aromatic carbocycles. The third-order valence-electron chi connectivity index (χ3n) is 4.35. The molecular formula is C19H26. The monoisotopic (exact) mass is 254 g/mol. The van der Waals surface area contributed by atoms with E-state index in [2.05, 4.69) is 70.7 Å². The first-order chi connectivity index (χ1) is 9.00. The smallest absolute Gasteiger partial charge is 0.00338 e. The quantitative estimate of drug-likeness (QED) is 0.618. The summed E-state index contributed by atoms with van der Waals surface area (Å²) in [5.74, 6) is 2.55.